The molecule has 4 N–H and O–H groups in total. The van der Waals surface area contributed by atoms with Gasteiger partial charge in [0.1, 0.15) is 5.82 Å². The molecule has 0 aliphatic carbocycles. The number of nitrogens with one attached hydrogen (secondary N) is 4. The van der Waals surface area contributed by atoms with Gasteiger partial charge in [0.15, 0.2) is 5.83 Å². The Hall–Kier alpha value is -2.63. The number of halogens is 1. The summed E-state index contributed by atoms with van der Waals surface area (Å²) in [5.74, 6) is -0.975. The maximum atomic E-state index is 13.3. The standard InChI is InChI=1S/C13H15FN4O/c1-3-12(19)17-9-5-4-6-10(7-9)18-13(16-2)11(14)8-15/h3-8,15-16,18H,1H2,2H3,(H,17,19)/b13-11-,15-8?. The summed E-state index contributed by atoms with van der Waals surface area (Å²) >= 11 is 0. The van der Waals surface area contributed by atoms with E-state index in [1.165, 1.54) is 7.05 Å². The van der Waals surface area contributed by atoms with Crippen LogP contribution in [0.4, 0.5) is 15.8 Å². The molecule has 1 amide bonds. The van der Waals surface area contributed by atoms with Crippen molar-refractivity contribution in [2.75, 3.05) is 17.7 Å². The van der Waals surface area contributed by atoms with Gasteiger partial charge in [-0.2, -0.15) is 0 Å². The number of carbonyl (C=O) groups excluding carboxylic acids is 1. The number of benzene rings is 1. The molecule has 1 aromatic rings. The molecule has 1 rings (SSSR count). The third-order valence-electron chi connectivity index (χ3n) is 2.20. The van der Waals surface area contributed by atoms with E-state index in [9.17, 15) is 9.18 Å². The van der Waals surface area contributed by atoms with E-state index in [1.807, 2.05) is 0 Å². The van der Waals surface area contributed by atoms with Crippen LogP contribution >= 0.6 is 0 Å². The third-order valence-corrected chi connectivity index (χ3v) is 2.20. The summed E-state index contributed by atoms with van der Waals surface area (Å²) in [7, 11) is 1.54. The first-order valence-corrected chi connectivity index (χ1v) is 5.49. The van der Waals surface area contributed by atoms with E-state index >= 15 is 0 Å². The van der Waals surface area contributed by atoms with Crippen molar-refractivity contribution in [1.29, 1.82) is 5.41 Å². The number of anilines is 2. The lowest BCUT2D eigenvalue weighted by Gasteiger charge is -2.12. The molecule has 0 fully saturated rings. The molecule has 0 atom stereocenters. The van der Waals surface area contributed by atoms with E-state index in [-0.39, 0.29) is 11.7 Å². The van der Waals surface area contributed by atoms with Crippen molar-refractivity contribution in [2.45, 2.75) is 0 Å². The second-order valence-electron chi connectivity index (χ2n) is 3.52. The van der Waals surface area contributed by atoms with Gasteiger partial charge in [-0.25, -0.2) is 4.39 Å². The molecule has 0 aliphatic heterocycles. The molecule has 0 aliphatic rings. The second-order valence-corrected chi connectivity index (χ2v) is 3.52. The van der Waals surface area contributed by atoms with E-state index < -0.39 is 5.83 Å². The summed E-state index contributed by atoms with van der Waals surface area (Å²) < 4.78 is 13.3. The Morgan fingerprint density at radius 2 is 2.00 bits per heavy atom. The maximum absolute atomic E-state index is 13.3. The molecular weight excluding hydrogens is 247 g/mol. The zero-order valence-corrected chi connectivity index (χ0v) is 10.5. The van der Waals surface area contributed by atoms with Crippen LogP contribution in [0.2, 0.25) is 0 Å². The van der Waals surface area contributed by atoms with Crippen LogP contribution in [0.25, 0.3) is 0 Å². The molecule has 0 saturated carbocycles. The molecule has 0 saturated heterocycles. The Labute approximate surface area is 110 Å². The Morgan fingerprint density at radius 3 is 2.53 bits per heavy atom. The number of hydrogen-bond donors (Lipinski definition) is 4. The Bertz CT molecular complexity index is 525. The maximum Gasteiger partial charge on any atom is 0.247 e. The van der Waals surface area contributed by atoms with Gasteiger partial charge in [-0.1, -0.05) is 12.6 Å². The highest BCUT2D eigenvalue weighted by Crippen LogP contribution is 2.17. The third kappa shape index (κ3) is 4.27. The van der Waals surface area contributed by atoms with Gasteiger partial charge in [0, 0.05) is 18.4 Å². The van der Waals surface area contributed by atoms with Crippen LogP contribution in [0.1, 0.15) is 0 Å². The number of carbonyl (C=O) groups is 1. The quantitative estimate of drug-likeness (QED) is 0.469. The average Bonchev–Trinajstić information content (AvgIpc) is 2.44. The van der Waals surface area contributed by atoms with Gasteiger partial charge in [0.05, 0.1) is 6.21 Å². The van der Waals surface area contributed by atoms with E-state index in [2.05, 4.69) is 22.5 Å². The first kappa shape index (κ1) is 14.4. The fourth-order valence-electron chi connectivity index (χ4n) is 1.33. The number of amides is 1. The van der Waals surface area contributed by atoms with E-state index in [1.54, 1.807) is 24.3 Å². The topological polar surface area (TPSA) is 77.0 Å². The molecule has 19 heavy (non-hydrogen) atoms. The van der Waals surface area contributed by atoms with Crippen molar-refractivity contribution in [1.82, 2.24) is 5.32 Å². The summed E-state index contributed by atoms with van der Waals surface area (Å²) in [6.07, 6.45) is 1.76. The van der Waals surface area contributed by atoms with Crippen molar-refractivity contribution in [3.05, 3.63) is 48.6 Å². The zero-order chi connectivity index (χ0) is 14.3. The van der Waals surface area contributed by atoms with Gasteiger partial charge >= 0.3 is 0 Å². The van der Waals surface area contributed by atoms with Crippen LogP contribution in [0.3, 0.4) is 0 Å². The molecule has 0 unspecified atom stereocenters. The van der Waals surface area contributed by atoms with Crippen LogP contribution in [-0.4, -0.2) is 19.2 Å². The lowest BCUT2D eigenvalue weighted by molar-refractivity contribution is -0.111. The van der Waals surface area contributed by atoms with Crippen LogP contribution in [0.5, 0.6) is 0 Å². The van der Waals surface area contributed by atoms with Crippen LogP contribution in [0.15, 0.2) is 48.6 Å². The molecule has 0 radical (unpaired) electrons. The van der Waals surface area contributed by atoms with Crippen LogP contribution < -0.4 is 16.0 Å². The highest BCUT2D eigenvalue weighted by atomic mass is 19.1. The molecule has 6 heteroatoms. The monoisotopic (exact) mass is 262 g/mol. The normalized spacial score (nSPS) is 11.1. The zero-order valence-electron chi connectivity index (χ0n) is 10.5. The summed E-state index contributed by atoms with van der Waals surface area (Å²) in [5, 5.41) is 14.8. The molecule has 0 aromatic heterocycles. The molecule has 100 valence electrons. The van der Waals surface area contributed by atoms with Gasteiger partial charge in [-0.05, 0) is 24.3 Å². The summed E-state index contributed by atoms with van der Waals surface area (Å²) in [6.45, 7) is 3.36. The van der Waals surface area contributed by atoms with Crippen molar-refractivity contribution < 1.29 is 9.18 Å². The first-order chi connectivity index (χ1) is 9.10. The van der Waals surface area contributed by atoms with E-state index in [4.69, 9.17) is 5.41 Å². The van der Waals surface area contributed by atoms with Crippen molar-refractivity contribution in [2.24, 2.45) is 0 Å². The number of rotatable bonds is 6. The predicted molar refractivity (Wildman–Crippen MR) is 74.9 cm³/mol. The van der Waals surface area contributed by atoms with Crippen LogP contribution in [0, 0.1) is 5.41 Å². The summed E-state index contributed by atoms with van der Waals surface area (Å²) in [6, 6.07) is 6.74. The molecule has 5 nitrogen and oxygen atoms in total. The lowest BCUT2D eigenvalue weighted by atomic mass is 10.2. The highest BCUT2D eigenvalue weighted by Gasteiger charge is 2.04. The second kappa shape index (κ2) is 6.95. The van der Waals surface area contributed by atoms with Crippen molar-refractivity contribution >= 4 is 23.5 Å². The van der Waals surface area contributed by atoms with Gasteiger partial charge in [-0.15, -0.1) is 0 Å². The fraction of sp³-hybridized carbons (Fsp3) is 0.0769. The molecule has 0 spiro atoms. The SMILES string of the molecule is C=CC(=O)Nc1cccc(N/C(NC)=C(\F)C=N)c1. The Balaban J connectivity index is 2.90. The smallest absolute Gasteiger partial charge is 0.247 e. The summed E-state index contributed by atoms with van der Waals surface area (Å²) in [5.41, 5.74) is 1.13. The Kier molecular flexibility index (Phi) is 5.28. The molecule has 1 aromatic carbocycles. The lowest BCUT2D eigenvalue weighted by Crippen LogP contribution is -2.17. The first-order valence-electron chi connectivity index (χ1n) is 5.49. The summed E-state index contributed by atoms with van der Waals surface area (Å²) in [4.78, 5) is 11.2. The van der Waals surface area contributed by atoms with Crippen LogP contribution in [-0.2, 0) is 4.79 Å². The predicted octanol–water partition coefficient (Wildman–Crippen LogP) is 2.23. The van der Waals surface area contributed by atoms with Gasteiger partial charge in [0.25, 0.3) is 0 Å². The molecular formula is C13H15FN4O. The minimum atomic E-state index is -0.719. The average molecular weight is 262 g/mol. The van der Waals surface area contributed by atoms with E-state index in [0.717, 1.165) is 6.08 Å². The minimum Gasteiger partial charge on any atom is -0.372 e. The molecule has 0 heterocycles. The minimum absolute atomic E-state index is 0.0715. The van der Waals surface area contributed by atoms with Gasteiger partial charge in [0.2, 0.25) is 5.91 Å². The van der Waals surface area contributed by atoms with Crippen molar-refractivity contribution in [3.8, 4) is 0 Å². The van der Waals surface area contributed by atoms with E-state index in [0.29, 0.717) is 17.6 Å². The fourth-order valence-corrected chi connectivity index (χ4v) is 1.33. The molecule has 0 bridgehead atoms. The van der Waals surface area contributed by atoms with Gasteiger partial charge in [-0.3, -0.25) is 4.79 Å². The van der Waals surface area contributed by atoms with Crippen molar-refractivity contribution in [3.63, 3.8) is 0 Å². The van der Waals surface area contributed by atoms with Gasteiger partial charge < -0.3 is 21.4 Å². The largest absolute Gasteiger partial charge is 0.372 e. The highest BCUT2D eigenvalue weighted by molar-refractivity contribution is 5.99. The Morgan fingerprint density at radius 1 is 1.37 bits per heavy atom. The number of allylic oxidation sites excluding steroid dienone is 1. The number of hydrogen-bond acceptors (Lipinski definition) is 4.